The predicted molar refractivity (Wildman–Crippen MR) is 71.4 cm³/mol. The monoisotopic (exact) mass is 273 g/mol. The van der Waals surface area contributed by atoms with Crippen LogP contribution in [0.4, 0.5) is 5.13 Å². The molecule has 0 saturated heterocycles. The highest BCUT2D eigenvalue weighted by Gasteiger charge is 2.17. The molecule has 0 saturated carbocycles. The molecule has 2 aromatic rings. The van der Waals surface area contributed by atoms with E-state index in [1.54, 1.807) is 31.2 Å². The van der Waals surface area contributed by atoms with Crippen LogP contribution in [0.15, 0.2) is 24.3 Å². The number of nitrogens with one attached hydrogen (secondary N) is 1. The molecule has 1 heterocycles. The maximum atomic E-state index is 12.1. The minimum absolute atomic E-state index is 0.311. The molecule has 1 aromatic carbocycles. The summed E-state index contributed by atoms with van der Waals surface area (Å²) in [5.74, 6) is -0.321. The summed E-state index contributed by atoms with van der Waals surface area (Å²) in [6.07, 6.45) is 0. The van der Waals surface area contributed by atoms with Crippen molar-refractivity contribution in [1.82, 2.24) is 15.5 Å². The summed E-state index contributed by atoms with van der Waals surface area (Å²) in [7, 11) is 0. The largest absolute Gasteiger partial charge is 0.374 e. The Morgan fingerprint density at radius 3 is 2.84 bits per heavy atom. The number of hydrogen-bond donors (Lipinski definition) is 2. The standard InChI is InChI=1S/C12H11N5OS/c1-7(11-16-17-12(14)19-11)15-10(18)9-5-3-2-4-8(9)6-13/h2-5,7H,1H3,(H2,14,17)(H,15,18). The first-order chi connectivity index (χ1) is 9.11. The molecule has 3 N–H and O–H groups in total. The predicted octanol–water partition coefficient (Wildman–Crippen LogP) is 1.48. The van der Waals surface area contributed by atoms with E-state index < -0.39 is 0 Å². The summed E-state index contributed by atoms with van der Waals surface area (Å²) in [5.41, 5.74) is 6.17. The number of carbonyl (C=O) groups excluding carboxylic acids is 1. The molecule has 1 aromatic heterocycles. The first-order valence-electron chi connectivity index (χ1n) is 5.50. The van der Waals surface area contributed by atoms with E-state index in [0.29, 0.717) is 21.3 Å². The number of nitriles is 1. The van der Waals surface area contributed by atoms with Gasteiger partial charge in [-0.05, 0) is 19.1 Å². The first kappa shape index (κ1) is 13.0. The Morgan fingerprint density at radius 2 is 2.21 bits per heavy atom. The lowest BCUT2D eigenvalue weighted by molar-refractivity contribution is 0.0939. The zero-order valence-electron chi connectivity index (χ0n) is 10.1. The van der Waals surface area contributed by atoms with Gasteiger partial charge < -0.3 is 11.1 Å². The van der Waals surface area contributed by atoms with Crippen molar-refractivity contribution in [2.45, 2.75) is 13.0 Å². The van der Waals surface area contributed by atoms with Gasteiger partial charge in [0.05, 0.1) is 23.2 Å². The van der Waals surface area contributed by atoms with E-state index >= 15 is 0 Å². The van der Waals surface area contributed by atoms with E-state index in [1.807, 2.05) is 6.07 Å². The lowest BCUT2D eigenvalue weighted by Crippen LogP contribution is -2.27. The SMILES string of the molecule is CC(NC(=O)c1ccccc1C#N)c1nnc(N)s1. The molecule has 1 unspecified atom stereocenters. The van der Waals surface area contributed by atoms with E-state index in [1.165, 1.54) is 11.3 Å². The number of benzene rings is 1. The summed E-state index contributed by atoms with van der Waals surface area (Å²) < 4.78 is 0. The molecule has 7 heteroatoms. The highest BCUT2D eigenvalue weighted by atomic mass is 32.1. The molecular formula is C12H11N5OS. The second kappa shape index (κ2) is 5.46. The van der Waals surface area contributed by atoms with Crippen LogP contribution in [-0.4, -0.2) is 16.1 Å². The third-order valence-electron chi connectivity index (χ3n) is 2.47. The van der Waals surface area contributed by atoms with E-state index in [0.717, 1.165) is 0 Å². The Balaban J connectivity index is 2.15. The number of rotatable bonds is 3. The lowest BCUT2D eigenvalue weighted by Gasteiger charge is -2.11. The normalized spacial score (nSPS) is 11.6. The Hall–Kier alpha value is -2.46. The van der Waals surface area contributed by atoms with Gasteiger partial charge in [-0.25, -0.2) is 0 Å². The summed E-state index contributed by atoms with van der Waals surface area (Å²) in [6, 6.07) is 8.31. The van der Waals surface area contributed by atoms with Gasteiger partial charge in [0.15, 0.2) is 0 Å². The minimum Gasteiger partial charge on any atom is -0.374 e. The van der Waals surface area contributed by atoms with Crippen molar-refractivity contribution < 1.29 is 4.79 Å². The molecule has 1 atom stereocenters. The fourth-order valence-electron chi connectivity index (χ4n) is 1.54. The number of anilines is 1. The maximum absolute atomic E-state index is 12.1. The molecule has 0 bridgehead atoms. The lowest BCUT2D eigenvalue weighted by atomic mass is 10.1. The third-order valence-corrected chi connectivity index (χ3v) is 3.40. The van der Waals surface area contributed by atoms with Gasteiger partial charge in [0, 0.05) is 0 Å². The van der Waals surface area contributed by atoms with E-state index in [9.17, 15) is 4.79 Å². The zero-order chi connectivity index (χ0) is 13.8. The number of aromatic nitrogens is 2. The smallest absolute Gasteiger partial charge is 0.253 e. The molecule has 0 fully saturated rings. The quantitative estimate of drug-likeness (QED) is 0.881. The molecule has 19 heavy (non-hydrogen) atoms. The fraction of sp³-hybridized carbons (Fsp3) is 0.167. The number of nitrogens with two attached hydrogens (primary N) is 1. The van der Waals surface area contributed by atoms with Crippen LogP contribution in [0.2, 0.25) is 0 Å². The summed E-state index contributed by atoms with van der Waals surface area (Å²) in [5, 5.41) is 20.3. The van der Waals surface area contributed by atoms with Crippen molar-refractivity contribution in [1.29, 1.82) is 5.26 Å². The Kier molecular flexibility index (Phi) is 3.73. The second-order valence-electron chi connectivity index (χ2n) is 3.83. The average molecular weight is 273 g/mol. The number of nitrogen functional groups attached to an aromatic ring is 1. The molecule has 0 radical (unpaired) electrons. The number of hydrogen-bond acceptors (Lipinski definition) is 6. The molecule has 0 spiro atoms. The van der Waals surface area contributed by atoms with Gasteiger partial charge >= 0.3 is 0 Å². The van der Waals surface area contributed by atoms with Crippen LogP contribution in [0.1, 0.15) is 33.9 Å². The maximum Gasteiger partial charge on any atom is 0.253 e. The molecule has 6 nitrogen and oxygen atoms in total. The third kappa shape index (κ3) is 2.86. The van der Waals surface area contributed by atoms with Gasteiger partial charge in [-0.3, -0.25) is 4.79 Å². The van der Waals surface area contributed by atoms with Gasteiger partial charge in [0.2, 0.25) is 5.13 Å². The number of carbonyl (C=O) groups is 1. The molecule has 2 rings (SSSR count). The van der Waals surface area contributed by atoms with Crippen molar-refractivity contribution in [3.05, 3.63) is 40.4 Å². The van der Waals surface area contributed by atoms with Crippen molar-refractivity contribution in [3.63, 3.8) is 0 Å². The molecule has 0 aliphatic rings. The Bertz CT molecular complexity index is 646. The van der Waals surface area contributed by atoms with Crippen LogP contribution in [-0.2, 0) is 0 Å². The molecule has 0 aliphatic heterocycles. The second-order valence-corrected chi connectivity index (χ2v) is 4.87. The molecular weight excluding hydrogens is 262 g/mol. The van der Waals surface area contributed by atoms with Crippen molar-refractivity contribution >= 4 is 22.4 Å². The van der Waals surface area contributed by atoms with E-state index in [4.69, 9.17) is 11.0 Å². The Labute approximate surface area is 113 Å². The minimum atomic E-state index is -0.321. The van der Waals surface area contributed by atoms with Gasteiger partial charge in [-0.15, -0.1) is 10.2 Å². The highest BCUT2D eigenvalue weighted by Crippen LogP contribution is 2.19. The van der Waals surface area contributed by atoms with Crippen molar-refractivity contribution in [2.24, 2.45) is 0 Å². The van der Waals surface area contributed by atoms with E-state index in [2.05, 4.69) is 15.5 Å². The molecule has 0 aliphatic carbocycles. The number of amides is 1. The van der Waals surface area contributed by atoms with Crippen LogP contribution in [0, 0.1) is 11.3 Å². The van der Waals surface area contributed by atoms with Gasteiger partial charge in [0.1, 0.15) is 5.01 Å². The van der Waals surface area contributed by atoms with Crippen molar-refractivity contribution in [2.75, 3.05) is 5.73 Å². The van der Waals surface area contributed by atoms with E-state index in [-0.39, 0.29) is 11.9 Å². The van der Waals surface area contributed by atoms with Crippen LogP contribution in [0.5, 0.6) is 0 Å². The van der Waals surface area contributed by atoms with Crippen molar-refractivity contribution in [3.8, 4) is 6.07 Å². The number of nitrogens with zero attached hydrogens (tertiary/aromatic N) is 3. The highest BCUT2D eigenvalue weighted by molar-refractivity contribution is 7.15. The summed E-state index contributed by atoms with van der Waals surface area (Å²) in [4.78, 5) is 12.1. The fourth-order valence-corrected chi connectivity index (χ4v) is 2.15. The summed E-state index contributed by atoms with van der Waals surface area (Å²) in [6.45, 7) is 1.78. The van der Waals surface area contributed by atoms with Gasteiger partial charge in [-0.1, -0.05) is 23.5 Å². The first-order valence-corrected chi connectivity index (χ1v) is 6.32. The Morgan fingerprint density at radius 1 is 1.47 bits per heavy atom. The van der Waals surface area contributed by atoms with Crippen LogP contribution in [0.25, 0.3) is 0 Å². The average Bonchev–Trinajstić information content (AvgIpc) is 2.85. The van der Waals surface area contributed by atoms with Crippen LogP contribution < -0.4 is 11.1 Å². The molecule has 1 amide bonds. The van der Waals surface area contributed by atoms with Crippen LogP contribution in [0.3, 0.4) is 0 Å². The van der Waals surface area contributed by atoms with Gasteiger partial charge in [0.25, 0.3) is 5.91 Å². The topological polar surface area (TPSA) is 105 Å². The summed E-state index contributed by atoms with van der Waals surface area (Å²) >= 11 is 1.22. The van der Waals surface area contributed by atoms with Crippen LogP contribution >= 0.6 is 11.3 Å². The molecule has 96 valence electrons. The zero-order valence-corrected chi connectivity index (χ0v) is 10.9. The van der Waals surface area contributed by atoms with Gasteiger partial charge in [-0.2, -0.15) is 5.26 Å².